The molecule has 0 aromatic carbocycles. The van der Waals surface area contributed by atoms with Crippen LogP contribution in [0.25, 0.3) is 0 Å². The Balaban J connectivity index is 2.33. The van der Waals surface area contributed by atoms with E-state index in [2.05, 4.69) is 11.9 Å². The molecule has 0 aliphatic carbocycles. The summed E-state index contributed by atoms with van der Waals surface area (Å²) in [6.45, 7) is 0.931. The molecule has 0 bridgehead atoms. The molecule has 2 N–H and O–H groups in total. The van der Waals surface area contributed by atoms with Crippen molar-refractivity contribution in [1.82, 2.24) is 0 Å². The largest absolute Gasteiger partial charge is 0.372 e. The van der Waals surface area contributed by atoms with Crippen LogP contribution in [0.2, 0.25) is 4.34 Å². The highest BCUT2D eigenvalue weighted by Gasteiger charge is 2.19. The summed E-state index contributed by atoms with van der Waals surface area (Å²) >= 11 is 7.64. The molecule has 1 aromatic rings. The molecular formula is C9H13ClN2S. The average molecular weight is 217 g/mol. The number of thiophene rings is 1. The van der Waals surface area contributed by atoms with E-state index in [1.165, 1.54) is 10.6 Å². The topological polar surface area (TPSA) is 29.3 Å². The van der Waals surface area contributed by atoms with E-state index in [9.17, 15) is 0 Å². The number of likely N-dealkylation sites (N-methyl/N-ethyl adjacent to an activating group) is 1. The standard InChI is InChI=1S/C9H13ClN2S/c1-12-5-6(11)2-3-8-7(12)4-9(10)13-8/h4,6H,2-3,5,11H2,1H3. The molecule has 1 aliphatic heterocycles. The van der Waals surface area contributed by atoms with Crippen molar-refractivity contribution in [2.45, 2.75) is 18.9 Å². The number of nitrogens with two attached hydrogens (primary N) is 1. The van der Waals surface area contributed by atoms with Crippen molar-refractivity contribution < 1.29 is 0 Å². The maximum Gasteiger partial charge on any atom is 0.0952 e. The normalized spacial score (nSPS) is 22.7. The summed E-state index contributed by atoms with van der Waals surface area (Å²) < 4.78 is 0.882. The molecule has 1 aliphatic rings. The third kappa shape index (κ3) is 1.82. The molecule has 0 spiro atoms. The minimum absolute atomic E-state index is 0.295. The first-order valence-corrected chi connectivity index (χ1v) is 5.61. The summed E-state index contributed by atoms with van der Waals surface area (Å²) in [5, 5.41) is 0. The molecule has 0 amide bonds. The number of rotatable bonds is 0. The van der Waals surface area contributed by atoms with E-state index >= 15 is 0 Å². The van der Waals surface area contributed by atoms with Gasteiger partial charge in [-0.1, -0.05) is 11.6 Å². The Bertz CT molecular complexity index is 311. The van der Waals surface area contributed by atoms with E-state index in [4.69, 9.17) is 17.3 Å². The second-order valence-corrected chi connectivity index (χ2v) is 5.31. The van der Waals surface area contributed by atoms with E-state index in [0.717, 1.165) is 23.7 Å². The van der Waals surface area contributed by atoms with Gasteiger partial charge in [0.25, 0.3) is 0 Å². The highest BCUT2D eigenvalue weighted by atomic mass is 35.5. The Morgan fingerprint density at radius 3 is 3.23 bits per heavy atom. The summed E-state index contributed by atoms with van der Waals surface area (Å²) in [5.74, 6) is 0. The minimum Gasteiger partial charge on any atom is -0.372 e. The predicted molar refractivity (Wildman–Crippen MR) is 58.9 cm³/mol. The fraction of sp³-hybridized carbons (Fsp3) is 0.556. The minimum atomic E-state index is 0.295. The van der Waals surface area contributed by atoms with Crippen LogP contribution < -0.4 is 10.6 Å². The van der Waals surface area contributed by atoms with Crippen LogP contribution in [-0.4, -0.2) is 19.6 Å². The second-order valence-electron chi connectivity index (χ2n) is 3.54. The van der Waals surface area contributed by atoms with Crippen LogP contribution in [0, 0.1) is 0 Å². The molecule has 2 nitrogen and oxygen atoms in total. The van der Waals surface area contributed by atoms with Gasteiger partial charge in [-0.2, -0.15) is 0 Å². The highest BCUT2D eigenvalue weighted by Crippen LogP contribution is 2.35. The molecule has 0 fully saturated rings. The lowest BCUT2D eigenvalue weighted by Gasteiger charge is -2.19. The number of fused-ring (bicyclic) bond motifs is 1. The molecule has 0 saturated heterocycles. The van der Waals surface area contributed by atoms with Crippen molar-refractivity contribution in [3.05, 3.63) is 15.3 Å². The van der Waals surface area contributed by atoms with Gasteiger partial charge in [-0.15, -0.1) is 11.3 Å². The summed E-state index contributed by atoms with van der Waals surface area (Å²) in [6, 6.07) is 2.34. The van der Waals surface area contributed by atoms with Gasteiger partial charge in [-0.25, -0.2) is 0 Å². The zero-order valence-corrected chi connectivity index (χ0v) is 9.16. The fourth-order valence-electron chi connectivity index (χ4n) is 1.75. The number of halogens is 1. The molecule has 2 heterocycles. The van der Waals surface area contributed by atoms with Crippen molar-refractivity contribution in [3.8, 4) is 0 Å². The van der Waals surface area contributed by atoms with Gasteiger partial charge < -0.3 is 10.6 Å². The van der Waals surface area contributed by atoms with E-state index in [-0.39, 0.29) is 0 Å². The quantitative estimate of drug-likeness (QED) is 0.720. The molecule has 1 aromatic heterocycles. The van der Waals surface area contributed by atoms with Crippen molar-refractivity contribution in [2.75, 3.05) is 18.5 Å². The van der Waals surface area contributed by atoms with Crippen LogP contribution in [0.4, 0.5) is 5.69 Å². The van der Waals surface area contributed by atoms with Crippen molar-refractivity contribution >= 4 is 28.6 Å². The Morgan fingerprint density at radius 1 is 1.69 bits per heavy atom. The van der Waals surface area contributed by atoms with Gasteiger partial charge in [-0.05, 0) is 18.9 Å². The summed E-state index contributed by atoms with van der Waals surface area (Å²) in [5.41, 5.74) is 7.20. The lowest BCUT2D eigenvalue weighted by Crippen LogP contribution is -2.33. The average Bonchev–Trinajstić information content (AvgIpc) is 2.38. The van der Waals surface area contributed by atoms with Gasteiger partial charge in [0.15, 0.2) is 0 Å². The number of anilines is 1. The highest BCUT2D eigenvalue weighted by molar-refractivity contribution is 7.16. The Hall–Kier alpha value is -0.250. The lowest BCUT2D eigenvalue weighted by atomic mass is 10.2. The molecule has 0 saturated carbocycles. The molecule has 72 valence electrons. The Kier molecular flexibility index (Phi) is 2.49. The Morgan fingerprint density at radius 2 is 2.46 bits per heavy atom. The van der Waals surface area contributed by atoms with E-state index in [1.54, 1.807) is 11.3 Å². The maximum atomic E-state index is 5.97. The third-order valence-corrected chi connectivity index (χ3v) is 3.73. The number of aryl methyl sites for hydroxylation is 1. The SMILES string of the molecule is CN1CC(N)CCc2sc(Cl)cc21. The molecule has 13 heavy (non-hydrogen) atoms. The van der Waals surface area contributed by atoms with Crippen LogP contribution in [0.1, 0.15) is 11.3 Å². The van der Waals surface area contributed by atoms with Crippen LogP contribution >= 0.6 is 22.9 Å². The third-order valence-electron chi connectivity index (χ3n) is 2.42. The van der Waals surface area contributed by atoms with Gasteiger partial charge >= 0.3 is 0 Å². The molecule has 0 radical (unpaired) electrons. The summed E-state index contributed by atoms with van der Waals surface area (Å²) in [4.78, 5) is 3.58. The van der Waals surface area contributed by atoms with Gasteiger partial charge in [-0.3, -0.25) is 0 Å². The second kappa shape index (κ2) is 3.48. The van der Waals surface area contributed by atoms with Crippen LogP contribution in [0.15, 0.2) is 6.07 Å². The zero-order valence-electron chi connectivity index (χ0n) is 7.59. The maximum absolute atomic E-state index is 5.97. The molecule has 1 unspecified atom stereocenters. The summed E-state index contributed by atoms with van der Waals surface area (Å²) in [7, 11) is 2.08. The molecular weight excluding hydrogens is 204 g/mol. The van der Waals surface area contributed by atoms with Crippen molar-refractivity contribution in [2.24, 2.45) is 5.73 Å². The van der Waals surface area contributed by atoms with Crippen LogP contribution in [-0.2, 0) is 6.42 Å². The van der Waals surface area contributed by atoms with Crippen LogP contribution in [0.5, 0.6) is 0 Å². The Labute approximate surface area is 87.3 Å². The van der Waals surface area contributed by atoms with Crippen LogP contribution in [0.3, 0.4) is 0 Å². The van der Waals surface area contributed by atoms with Gasteiger partial charge in [0.1, 0.15) is 0 Å². The first kappa shape index (κ1) is 9.31. The smallest absolute Gasteiger partial charge is 0.0952 e. The number of hydrogen-bond donors (Lipinski definition) is 1. The monoisotopic (exact) mass is 216 g/mol. The van der Waals surface area contributed by atoms with E-state index in [1.807, 2.05) is 6.07 Å². The van der Waals surface area contributed by atoms with Gasteiger partial charge in [0.2, 0.25) is 0 Å². The molecule has 1 atom stereocenters. The number of nitrogens with zero attached hydrogens (tertiary/aromatic N) is 1. The fourth-order valence-corrected chi connectivity index (χ4v) is 3.08. The van der Waals surface area contributed by atoms with Gasteiger partial charge in [0.05, 0.1) is 10.0 Å². The van der Waals surface area contributed by atoms with Crippen molar-refractivity contribution in [3.63, 3.8) is 0 Å². The summed E-state index contributed by atoms with van der Waals surface area (Å²) in [6.07, 6.45) is 2.13. The first-order chi connectivity index (χ1) is 6.16. The lowest BCUT2D eigenvalue weighted by molar-refractivity contribution is 0.627. The molecule has 2 rings (SSSR count). The number of hydrogen-bond acceptors (Lipinski definition) is 3. The predicted octanol–water partition coefficient (Wildman–Crippen LogP) is 2.11. The van der Waals surface area contributed by atoms with E-state index in [0.29, 0.717) is 6.04 Å². The van der Waals surface area contributed by atoms with Crippen molar-refractivity contribution in [1.29, 1.82) is 0 Å². The zero-order chi connectivity index (χ0) is 9.42. The van der Waals surface area contributed by atoms with E-state index < -0.39 is 0 Å². The molecule has 4 heteroatoms. The van der Waals surface area contributed by atoms with Gasteiger partial charge in [0, 0.05) is 24.5 Å². The first-order valence-electron chi connectivity index (χ1n) is 4.42.